The van der Waals surface area contributed by atoms with Gasteiger partial charge in [0.25, 0.3) is 5.69 Å². The quantitative estimate of drug-likeness (QED) is 0.454. The summed E-state index contributed by atoms with van der Waals surface area (Å²) >= 11 is 4.57. The number of carbonyl (C=O) groups is 1. The zero-order chi connectivity index (χ0) is 15.4. The van der Waals surface area contributed by atoms with Crippen molar-refractivity contribution in [3.05, 3.63) is 54.4 Å². The van der Waals surface area contributed by atoms with E-state index in [1.807, 2.05) is 12.3 Å². The van der Waals surface area contributed by atoms with Crippen LogP contribution in [-0.2, 0) is 17.8 Å². The molecule has 0 saturated heterocycles. The molecule has 0 fully saturated rings. The van der Waals surface area contributed by atoms with Crippen molar-refractivity contribution in [2.45, 2.75) is 20.0 Å². The number of hydrogen-bond donors (Lipinski definition) is 0. The molecule has 0 aliphatic heterocycles. The largest absolute Gasteiger partial charge is 0.456 e. The Morgan fingerprint density at radius 1 is 1.52 bits per heavy atom. The van der Waals surface area contributed by atoms with Crippen LogP contribution in [0.5, 0.6) is 0 Å². The molecule has 2 rings (SSSR count). The predicted molar refractivity (Wildman–Crippen MR) is 81.4 cm³/mol. The fraction of sp³-hybridized carbons (Fsp3) is 0.231. The molecule has 1 aromatic carbocycles. The molecule has 0 N–H and O–H groups in total. The lowest BCUT2D eigenvalue weighted by Gasteiger charge is -2.03. The van der Waals surface area contributed by atoms with Crippen LogP contribution in [-0.4, -0.2) is 15.9 Å². The van der Waals surface area contributed by atoms with Crippen molar-refractivity contribution < 1.29 is 14.5 Å². The fourth-order valence-corrected chi connectivity index (χ4v) is 2.70. The number of benzene rings is 1. The van der Waals surface area contributed by atoms with E-state index in [4.69, 9.17) is 4.74 Å². The zero-order valence-electron chi connectivity index (χ0n) is 11.0. The Morgan fingerprint density at radius 2 is 2.29 bits per heavy atom. The molecule has 0 unspecified atom stereocenters. The average Bonchev–Trinajstić information content (AvgIpc) is 2.93. The summed E-state index contributed by atoms with van der Waals surface area (Å²) in [5.41, 5.74) is 0.638. The SMILES string of the molecule is CCc1nc(COC(=O)c2ccc(Br)c([N+](=O)[O-])c2)cs1. The molecular weight excluding hydrogens is 360 g/mol. The Hall–Kier alpha value is -1.80. The van der Waals surface area contributed by atoms with Gasteiger partial charge in [-0.15, -0.1) is 11.3 Å². The minimum atomic E-state index is -0.614. The number of halogens is 1. The highest BCUT2D eigenvalue weighted by atomic mass is 79.9. The summed E-state index contributed by atoms with van der Waals surface area (Å²) in [6.45, 7) is 2.05. The predicted octanol–water partition coefficient (Wildman–Crippen LogP) is 3.73. The summed E-state index contributed by atoms with van der Waals surface area (Å²) in [5, 5.41) is 13.6. The Balaban J connectivity index is 2.06. The standard InChI is InChI=1S/C13H11BrN2O4S/c1-2-12-15-9(7-21-12)6-20-13(17)8-3-4-10(14)11(5-8)16(18)19/h3-5,7H,2,6H2,1H3. The van der Waals surface area contributed by atoms with E-state index in [1.165, 1.54) is 29.5 Å². The topological polar surface area (TPSA) is 82.3 Å². The number of esters is 1. The van der Waals surface area contributed by atoms with Crippen LogP contribution in [0, 0.1) is 10.1 Å². The Morgan fingerprint density at radius 3 is 2.90 bits per heavy atom. The van der Waals surface area contributed by atoms with Gasteiger partial charge in [-0.2, -0.15) is 0 Å². The first-order chi connectivity index (χ1) is 10.0. The van der Waals surface area contributed by atoms with Crippen LogP contribution in [0.4, 0.5) is 5.69 Å². The molecule has 1 heterocycles. The van der Waals surface area contributed by atoms with Crippen molar-refractivity contribution in [1.29, 1.82) is 0 Å². The van der Waals surface area contributed by atoms with Gasteiger partial charge in [0.05, 0.1) is 25.7 Å². The van der Waals surface area contributed by atoms with Crippen molar-refractivity contribution in [3.8, 4) is 0 Å². The van der Waals surface area contributed by atoms with Crippen molar-refractivity contribution in [2.24, 2.45) is 0 Å². The van der Waals surface area contributed by atoms with E-state index in [-0.39, 0.29) is 17.9 Å². The molecule has 2 aromatic rings. The summed E-state index contributed by atoms with van der Waals surface area (Å²) in [6.07, 6.45) is 0.831. The molecule has 0 aliphatic rings. The maximum atomic E-state index is 11.9. The summed E-state index contributed by atoms with van der Waals surface area (Å²) < 4.78 is 5.43. The molecule has 0 saturated carbocycles. The monoisotopic (exact) mass is 370 g/mol. The number of carbonyl (C=O) groups excluding carboxylic acids is 1. The van der Waals surface area contributed by atoms with Crippen LogP contribution in [0.15, 0.2) is 28.1 Å². The normalized spacial score (nSPS) is 10.4. The van der Waals surface area contributed by atoms with E-state index < -0.39 is 10.9 Å². The van der Waals surface area contributed by atoms with Gasteiger partial charge in [-0.25, -0.2) is 9.78 Å². The fourth-order valence-electron chi connectivity index (χ4n) is 1.58. The van der Waals surface area contributed by atoms with Gasteiger partial charge in [0.15, 0.2) is 0 Å². The van der Waals surface area contributed by atoms with Crippen LogP contribution in [0.2, 0.25) is 0 Å². The van der Waals surface area contributed by atoms with Crippen LogP contribution < -0.4 is 0 Å². The zero-order valence-corrected chi connectivity index (χ0v) is 13.4. The third kappa shape index (κ3) is 3.85. The van der Waals surface area contributed by atoms with Crippen LogP contribution in [0.1, 0.15) is 28.0 Å². The molecular formula is C13H11BrN2O4S. The number of nitro groups is 1. The van der Waals surface area contributed by atoms with Gasteiger partial charge < -0.3 is 4.74 Å². The molecule has 1 aromatic heterocycles. The average molecular weight is 371 g/mol. The maximum absolute atomic E-state index is 11.9. The van der Waals surface area contributed by atoms with Gasteiger partial charge in [-0.05, 0) is 34.5 Å². The van der Waals surface area contributed by atoms with E-state index in [0.29, 0.717) is 10.2 Å². The van der Waals surface area contributed by atoms with Crippen LogP contribution >= 0.6 is 27.3 Å². The van der Waals surface area contributed by atoms with E-state index in [0.717, 1.165) is 11.4 Å². The van der Waals surface area contributed by atoms with E-state index >= 15 is 0 Å². The number of aromatic nitrogens is 1. The number of thiazole rings is 1. The number of nitrogens with zero attached hydrogens (tertiary/aromatic N) is 2. The highest BCUT2D eigenvalue weighted by Gasteiger charge is 2.17. The van der Waals surface area contributed by atoms with Gasteiger partial charge in [0, 0.05) is 11.4 Å². The third-order valence-electron chi connectivity index (χ3n) is 2.63. The highest BCUT2D eigenvalue weighted by molar-refractivity contribution is 9.10. The second-order valence-electron chi connectivity index (χ2n) is 4.09. The lowest BCUT2D eigenvalue weighted by molar-refractivity contribution is -0.385. The third-order valence-corrected chi connectivity index (χ3v) is 4.34. The minimum Gasteiger partial charge on any atom is -0.456 e. The molecule has 21 heavy (non-hydrogen) atoms. The van der Waals surface area contributed by atoms with E-state index in [2.05, 4.69) is 20.9 Å². The Kier molecular flexibility index (Phi) is 5.03. The lowest BCUT2D eigenvalue weighted by atomic mass is 10.2. The van der Waals surface area contributed by atoms with Gasteiger partial charge in [-0.3, -0.25) is 10.1 Å². The summed E-state index contributed by atoms with van der Waals surface area (Å²) in [6, 6.07) is 4.11. The van der Waals surface area contributed by atoms with Gasteiger partial charge in [0.1, 0.15) is 6.61 Å². The molecule has 6 nitrogen and oxygen atoms in total. The molecule has 8 heteroatoms. The number of ether oxygens (including phenoxy) is 1. The van der Waals surface area contributed by atoms with Gasteiger partial charge in [0.2, 0.25) is 0 Å². The summed E-state index contributed by atoms with van der Waals surface area (Å²) in [5.74, 6) is -0.614. The molecule has 0 radical (unpaired) electrons. The number of nitro benzene ring substituents is 1. The van der Waals surface area contributed by atoms with Crippen LogP contribution in [0.3, 0.4) is 0 Å². The number of rotatable bonds is 5. The molecule has 0 spiro atoms. The van der Waals surface area contributed by atoms with Crippen molar-refractivity contribution >= 4 is 38.9 Å². The molecule has 0 aliphatic carbocycles. The van der Waals surface area contributed by atoms with Crippen LogP contribution in [0.25, 0.3) is 0 Å². The number of aryl methyl sites for hydroxylation is 1. The summed E-state index contributed by atoms with van der Waals surface area (Å²) in [4.78, 5) is 26.4. The van der Waals surface area contributed by atoms with Gasteiger partial charge in [-0.1, -0.05) is 6.92 Å². The van der Waals surface area contributed by atoms with E-state index in [1.54, 1.807) is 0 Å². The number of hydrogen-bond acceptors (Lipinski definition) is 6. The minimum absolute atomic E-state index is 0.0548. The molecule has 0 bridgehead atoms. The molecule has 110 valence electrons. The maximum Gasteiger partial charge on any atom is 0.338 e. The molecule has 0 atom stereocenters. The van der Waals surface area contributed by atoms with Crippen molar-refractivity contribution in [2.75, 3.05) is 0 Å². The first-order valence-corrected chi connectivity index (χ1v) is 7.73. The first kappa shape index (κ1) is 15.6. The second-order valence-corrected chi connectivity index (χ2v) is 5.88. The van der Waals surface area contributed by atoms with Crippen molar-refractivity contribution in [1.82, 2.24) is 4.98 Å². The summed E-state index contributed by atoms with van der Waals surface area (Å²) in [7, 11) is 0. The highest BCUT2D eigenvalue weighted by Crippen LogP contribution is 2.26. The van der Waals surface area contributed by atoms with Gasteiger partial charge >= 0.3 is 5.97 Å². The molecule has 0 amide bonds. The van der Waals surface area contributed by atoms with Crippen molar-refractivity contribution in [3.63, 3.8) is 0 Å². The second kappa shape index (κ2) is 6.77. The smallest absolute Gasteiger partial charge is 0.338 e. The Bertz CT molecular complexity index is 687. The van der Waals surface area contributed by atoms with E-state index in [9.17, 15) is 14.9 Å². The lowest BCUT2D eigenvalue weighted by Crippen LogP contribution is -2.06. The Labute approximate surface area is 133 Å². The first-order valence-electron chi connectivity index (χ1n) is 6.05.